The van der Waals surface area contributed by atoms with Gasteiger partial charge in [-0.15, -0.1) is 10.2 Å². The molecule has 2 aromatic rings. The number of hydrogen-bond acceptors (Lipinski definition) is 4. The maximum Gasteiger partial charge on any atom is 0.271 e. The summed E-state index contributed by atoms with van der Waals surface area (Å²) in [5.74, 6) is 0.212. The Morgan fingerprint density at radius 1 is 1.14 bits per heavy atom. The van der Waals surface area contributed by atoms with Gasteiger partial charge in [-0.25, -0.2) is 0 Å². The Labute approximate surface area is 132 Å². The van der Waals surface area contributed by atoms with Crippen LogP contribution in [0.2, 0.25) is 10.0 Å². The Hall–Kier alpha value is -1.85. The van der Waals surface area contributed by atoms with Crippen LogP contribution in [-0.4, -0.2) is 22.6 Å². The van der Waals surface area contributed by atoms with E-state index in [2.05, 4.69) is 20.8 Å². The van der Waals surface area contributed by atoms with Gasteiger partial charge < -0.3 is 10.6 Å². The van der Waals surface area contributed by atoms with Crippen molar-refractivity contribution in [2.75, 3.05) is 11.9 Å². The largest absolute Gasteiger partial charge is 0.351 e. The Morgan fingerprint density at radius 3 is 2.43 bits per heavy atom. The second kappa shape index (κ2) is 7.24. The smallest absolute Gasteiger partial charge is 0.271 e. The van der Waals surface area contributed by atoms with Crippen LogP contribution in [0, 0.1) is 0 Å². The zero-order valence-electron chi connectivity index (χ0n) is 11.4. The van der Waals surface area contributed by atoms with Crippen molar-refractivity contribution in [2.24, 2.45) is 0 Å². The van der Waals surface area contributed by atoms with Crippen molar-refractivity contribution in [1.82, 2.24) is 15.5 Å². The van der Waals surface area contributed by atoms with Gasteiger partial charge in [0.25, 0.3) is 5.91 Å². The van der Waals surface area contributed by atoms with E-state index in [1.165, 1.54) is 0 Å². The number of nitrogens with one attached hydrogen (secondary N) is 2. The average molecular weight is 325 g/mol. The van der Waals surface area contributed by atoms with Crippen LogP contribution < -0.4 is 10.6 Å². The van der Waals surface area contributed by atoms with Crippen LogP contribution >= 0.6 is 23.2 Å². The molecule has 0 bridgehead atoms. The minimum Gasteiger partial charge on any atom is -0.351 e. The Balaban J connectivity index is 2.11. The molecule has 0 atom stereocenters. The number of nitrogens with zero attached hydrogens (tertiary/aromatic N) is 2. The summed E-state index contributed by atoms with van der Waals surface area (Å²) in [6.07, 6.45) is 0.865. The van der Waals surface area contributed by atoms with Crippen molar-refractivity contribution < 1.29 is 4.79 Å². The minimum absolute atomic E-state index is 0.244. The highest BCUT2D eigenvalue weighted by atomic mass is 35.5. The molecule has 0 saturated heterocycles. The maximum atomic E-state index is 11.7. The lowest BCUT2D eigenvalue weighted by atomic mass is 10.3. The van der Waals surface area contributed by atoms with Gasteiger partial charge in [-0.2, -0.15) is 0 Å². The molecule has 7 heteroatoms. The van der Waals surface area contributed by atoms with E-state index >= 15 is 0 Å². The highest BCUT2D eigenvalue weighted by molar-refractivity contribution is 6.39. The molecule has 1 aromatic heterocycles. The van der Waals surface area contributed by atoms with Gasteiger partial charge in [-0.1, -0.05) is 36.2 Å². The first-order valence-electron chi connectivity index (χ1n) is 6.44. The first-order valence-corrected chi connectivity index (χ1v) is 7.20. The quantitative estimate of drug-likeness (QED) is 0.880. The normalized spacial score (nSPS) is 10.2. The molecule has 21 heavy (non-hydrogen) atoms. The number of aromatic nitrogens is 2. The Bertz CT molecular complexity index is 611. The van der Waals surface area contributed by atoms with Crippen LogP contribution in [-0.2, 0) is 0 Å². The molecule has 2 N–H and O–H groups in total. The van der Waals surface area contributed by atoms with E-state index in [1.807, 2.05) is 6.92 Å². The van der Waals surface area contributed by atoms with Crippen LogP contribution in [0.5, 0.6) is 0 Å². The monoisotopic (exact) mass is 324 g/mol. The van der Waals surface area contributed by atoms with Gasteiger partial charge in [0.15, 0.2) is 11.5 Å². The van der Waals surface area contributed by atoms with E-state index in [9.17, 15) is 4.79 Å². The minimum atomic E-state index is -0.244. The van der Waals surface area contributed by atoms with Gasteiger partial charge in [0, 0.05) is 6.54 Å². The van der Waals surface area contributed by atoms with Gasteiger partial charge in [-0.3, -0.25) is 4.79 Å². The number of benzene rings is 1. The molecule has 1 aromatic carbocycles. The SMILES string of the molecule is CCCNC(=O)c1ccc(Nc2c(Cl)cccc2Cl)nn1. The fraction of sp³-hybridized carbons (Fsp3) is 0.214. The highest BCUT2D eigenvalue weighted by Gasteiger charge is 2.09. The number of carbonyl (C=O) groups is 1. The van der Waals surface area contributed by atoms with Crippen molar-refractivity contribution >= 4 is 40.6 Å². The third-order valence-electron chi connectivity index (χ3n) is 2.65. The van der Waals surface area contributed by atoms with Crippen molar-refractivity contribution in [1.29, 1.82) is 0 Å². The molecule has 2 rings (SSSR count). The van der Waals surface area contributed by atoms with E-state index < -0.39 is 0 Å². The number of rotatable bonds is 5. The number of para-hydroxylation sites is 1. The molecule has 0 unspecified atom stereocenters. The zero-order valence-corrected chi connectivity index (χ0v) is 12.9. The third-order valence-corrected chi connectivity index (χ3v) is 3.28. The first-order chi connectivity index (χ1) is 10.1. The number of anilines is 2. The van der Waals surface area contributed by atoms with Crippen LogP contribution in [0.4, 0.5) is 11.5 Å². The Kier molecular flexibility index (Phi) is 5.36. The molecule has 0 aliphatic carbocycles. The van der Waals surface area contributed by atoms with Crippen LogP contribution in [0.1, 0.15) is 23.8 Å². The van der Waals surface area contributed by atoms with Crippen molar-refractivity contribution in [3.05, 3.63) is 46.1 Å². The number of halogens is 2. The van der Waals surface area contributed by atoms with Crippen molar-refractivity contribution in [3.63, 3.8) is 0 Å². The summed E-state index contributed by atoms with van der Waals surface area (Å²) in [7, 11) is 0. The summed E-state index contributed by atoms with van der Waals surface area (Å²) in [6.45, 7) is 2.59. The number of hydrogen-bond donors (Lipinski definition) is 2. The van der Waals surface area contributed by atoms with Gasteiger partial charge in [-0.05, 0) is 30.7 Å². The van der Waals surface area contributed by atoms with Gasteiger partial charge in [0.1, 0.15) is 0 Å². The molecule has 1 amide bonds. The standard InChI is InChI=1S/C14H14Cl2N4O/c1-2-8-17-14(21)11-6-7-12(20-19-11)18-13-9(15)4-3-5-10(13)16/h3-7H,2,8H2,1H3,(H,17,21)(H,18,20). The summed E-state index contributed by atoms with van der Waals surface area (Å²) in [5, 5.41) is 14.5. The summed E-state index contributed by atoms with van der Waals surface area (Å²) in [5.41, 5.74) is 0.817. The predicted octanol–water partition coefficient (Wildman–Crippen LogP) is 3.67. The van der Waals surface area contributed by atoms with Crippen LogP contribution in [0.3, 0.4) is 0 Å². The van der Waals surface area contributed by atoms with Crippen LogP contribution in [0.25, 0.3) is 0 Å². The maximum absolute atomic E-state index is 11.7. The number of amides is 1. The molecule has 0 fully saturated rings. The molecule has 0 aliphatic heterocycles. The average Bonchev–Trinajstić information content (AvgIpc) is 2.49. The van der Waals surface area contributed by atoms with E-state index in [0.29, 0.717) is 28.1 Å². The fourth-order valence-electron chi connectivity index (χ4n) is 1.59. The molecule has 1 heterocycles. The topological polar surface area (TPSA) is 66.9 Å². The summed E-state index contributed by atoms with van der Waals surface area (Å²) in [4.78, 5) is 11.7. The predicted molar refractivity (Wildman–Crippen MR) is 84.4 cm³/mol. The van der Waals surface area contributed by atoms with Crippen LogP contribution in [0.15, 0.2) is 30.3 Å². The molecule has 0 radical (unpaired) electrons. The van der Waals surface area contributed by atoms with E-state index in [-0.39, 0.29) is 11.6 Å². The molecule has 0 spiro atoms. The lowest BCUT2D eigenvalue weighted by Gasteiger charge is -2.09. The molecule has 0 aliphatic rings. The summed E-state index contributed by atoms with van der Waals surface area (Å²) in [6, 6.07) is 8.42. The zero-order chi connectivity index (χ0) is 15.2. The van der Waals surface area contributed by atoms with Crippen molar-refractivity contribution in [3.8, 4) is 0 Å². The second-order valence-corrected chi connectivity index (χ2v) is 5.10. The van der Waals surface area contributed by atoms with Gasteiger partial charge >= 0.3 is 0 Å². The molecule has 5 nitrogen and oxygen atoms in total. The molecule has 110 valence electrons. The van der Waals surface area contributed by atoms with Gasteiger partial charge in [0.05, 0.1) is 15.7 Å². The molecular formula is C14H14Cl2N4O. The first kappa shape index (κ1) is 15.5. The lowest BCUT2D eigenvalue weighted by Crippen LogP contribution is -2.25. The second-order valence-electron chi connectivity index (χ2n) is 4.28. The lowest BCUT2D eigenvalue weighted by molar-refractivity contribution is 0.0947. The fourth-order valence-corrected chi connectivity index (χ4v) is 2.09. The van der Waals surface area contributed by atoms with E-state index in [4.69, 9.17) is 23.2 Å². The van der Waals surface area contributed by atoms with Crippen molar-refractivity contribution in [2.45, 2.75) is 13.3 Å². The molecule has 0 saturated carbocycles. The molecular weight excluding hydrogens is 311 g/mol. The van der Waals surface area contributed by atoms with E-state index in [0.717, 1.165) is 6.42 Å². The highest BCUT2D eigenvalue weighted by Crippen LogP contribution is 2.31. The van der Waals surface area contributed by atoms with Gasteiger partial charge in [0.2, 0.25) is 0 Å². The summed E-state index contributed by atoms with van der Waals surface area (Å²) < 4.78 is 0. The Morgan fingerprint density at radius 2 is 1.86 bits per heavy atom. The summed E-state index contributed by atoms with van der Waals surface area (Å²) >= 11 is 12.1. The van der Waals surface area contributed by atoms with E-state index in [1.54, 1.807) is 30.3 Å². The number of carbonyl (C=O) groups excluding carboxylic acids is 1. The third kappa shape index (κ3) is 4.06.